The quantitative estimate of drug-likeness (QED) is 0.889. The Morgan fingerprint density at radius 1 is 1.38 bits per heavy atom. The fraction of sp³-hybridized carbons (Fsp3) is 0.733. The first-order valence-electron chi connectivity index (χ1n) is 7.90. The predicted octanol–water partition coefficient (Wildman–Crippen LogP) is 1.19. The van der Waals surface area contributed by atoms with Crippen molar-refractivity contribution in [1.82, 2.24) is 15.1 Å². The molecule has 6 nitrogen and oxygen atoms in total. The molecular weight excluding hydrogens is 268 g/mol. The van der Waals surface area contributed by atoms with E-state index in [1.807, 2.05) is 10.7 Å². The minimum absolute atomic E-state index is 0.000868. The number of hydrogen-bond acceptors (Lipinski definition) is 4. The zero-order chi connectivity index (χ0) is 14.6. The van der Waals surface area contributed by atoms with Crippen LogP contribution in [-0.2, 0) is 4.74 Å². The number of rotatable bonds is 2. The highest BCUT2D eigenvalue weighted by molar-refractivity contribution is 5.94. The summed E-state index contributed by atoms with van der Waals surface area (Å²) in [5.74, 6) is 1.57. The van der Waals surface area contributed by atoms with E-state index in [1.165, 1.54) is 12.8 Å². The summed E-state index contributed by atoms with van der Waals surface area (Å²) in [4.78, 5) is 14.5. The third-order valence-electron chi connectivity index (χ3n) is 4.88. The maximum atomic E-state index is 12.2. The van der Waals surface area contributed by atoms with Crippen LogP contribution in [0.1, 0.15) is 43.2 Å². The van der Waals surface area contributed by atoms with Gasteiger partial charge in [-0.3, -0.25) is 9.48 Å². The lowest BCUT2D eigenvalue weighted by molar-refractivity contribution is 0.0867. The van der Waals surface area contributed by atoms with Crippen LogP contribution in [0.25, 0.3) is 0 Å². The van der Waals surface area contributed by atoms with Crippen molar-refractivity contribution in [3.8, 4) is 0 Å². The molecule has 2 fully saturated rings. The van der Waals surface area contributed by atoms with Gasteiger partial charge in [-0.2, -0.15) is 5.10 Å². The number of aromatic nitrogens is 2. The molecule has 1 saturated heterocycles. The van der Waals surface area contributed by atoms with Gasteiger partial charge in [-0.05, 0) is 32.6 Å². The van der Waals surface area contributed by atoms with Crippen LogP contribution in [0.4, 0.5) is 5.82 Å². The number of hydrogen-bond donors (Lipinski definition) is 1. The van der Waals surface area contributed by atoms with Crippen LogP contribution in [0.5, 0.6) is 0 Å². The van der Waals surface area contributed by atoms with Gasteiger partial charge in [-0.25, -0.2) is 0 Å². The molecule has 3 heterocycles. The molecule has 1 amide bonds. The van der Waals surface area contributed by atoms with E-state index in [2.05, 4.69) is 24.1 Å². The number of amides is 1. The molecule has 2 aliphatic heterocycles. The van der Waals surface area contributed by atoms with Gasteiger partial charge in [-0.1, -0.05) is 0 Å². The van der Waals surface area contributed by atoms with Crippen molar-refractivity contribution >= 4 is 11.7 Å². The maximum absolute atomic E-state index is 12.2. The van der Waals surface area contributed by atoms with Gasteiger partial charge >= 0.3 is 0 Å². The molecule has 1 aromatic rings. The van der Waals surface area contributed by atoms with Gasteiger partial charge in [0.15, 0.2) is 5.82 Å². The second kappa shape index (κ2) is 4.73. The Morgan fingerprint density at radius 2 is 2.19 bits per heavy atom. The molecule has 0 radical (unpaired) electrons. The second-order valence-corrected chi connectivity index (χ2v) is 6.54. The Hall–Kier alpha value is -1.56. The Balaban J connectivity index is 1.71. The van der Waals surface area contributed by atoms with Gasteiger partial charge in [0.1, 0.15) is 5.69 Å². The average Bonchev–Trinajstić information content (AvgIpc) is 3.17. The van der Waals surface area contributed by atoms with E-state index in [0.717, 1.165) is 25.6 Å². The summed E-state index contributed by atoms with van der Waals surface area (Å²) in [6.45, 7) is 6.50. The monoisotopic (exact) mass is 290 g/mol. The highest BCUT2D eigenvalue weighted by Gasteiger charge is 2.42. The smallest absolute Gasteiger partial charge is 0.269 e. The van der Waals surface area contributed by atoms with E-state index >= 15 is 0 Å². The van der Waals surface area contributed by atoms with Crippen molar-refractivity contribution in [2.45, 2.75) is 44.8 Å². The third-order valence-corrected chi connectivity index (χ3v) is 4.88. The van der Waals surface area contributed by atoms with Crippen LogP contribution in [0, 0.1) is 5.92 Å². The second-order valence-electron chi connectivity index (χ2n) is 6.54. The maximum Gasteiger partial charge on any atom is 0.269 e. The van der Waals surface area contributed by atoms with Gasteiger partial charge in [-0.15, -0.1) is 0 Å². The fourth-order valence-electron chi connectivity index (χ4n) is 3.61. The number of carbonyl (C=O) groups is 1. The fourth-order valence-corrected chi connectivity index (χ4v) is 3.61. The zero-order valence-corrected chi connectivity index (χ0v) is 12.6. The van der Waals surface area contributed by atoms with Crippen LogP contribution in [-0.4, -0.2) is 47.5 Å². The number of morpholine rings is 1. The van der Waals surface area contributed by atoms with Gasteiger partial charge in [0.2, 0.25) is 0 Å². The minimum atomic E-state index is -0.000868. The number of anilines is 1. The standard InChI is InChI=1S/C15H22N4O2/c1-9-8-21-6-5-18(9)13-7-12-15(20)16-10(2)14(11-3-4-11)19(12)17-13/h7,9-11,14H,3-6,8H2,1-2H3,(H,16,20)/t9-,10+,14-/m1/s1. The Bertz CT molecular complexity index is 566. The molecule has 3 aliphatic rings. The third kappa shape index (κ3) is 2.12. The van der Waals surface area contributed by atoms with Crippen molar-refractivity contribution in [1.29, 1.82) is 0 Å². The summed E-state index contributed by atoms with van der Waals surface area (Å²) < 4.78 is 7.47. The van der Waals surface area contributed by atoms with Gasteiger partial charge in [0.25, 0.3) is 5.91 Å². The summed E-state index contributed by atoms with van der Waals surface area (Å²) in [5, 5.41) is 7.89. The molecule has 0 unspecified atom stereocenters. The van der Waals surface area contributed by atoms with Crippen LogP contribution in [0.15, 0.2) is 6.07 Å². The average molecular weight is 290 g/mol. The molecule has 21 heavy (non-hydrogen) atoms. The van der Waals surface area contributed by atoms with Gasteiger partial charge in [0.05, 0.1) is 25.3 Å². The molecule has 1 aliphatic carbocycles. The molecule has 1 aromatic heterocycles. The van der Waals surface area contributed by atoms with E-state index in [1.54, 1.807) is 0 Å². The van der Waals surface area contributed by atoms with Crippen molar-refractivity contribution in [2.24, 2.45) is 5.92 Å². The molecule has 0 bridgehead atoms. The molecule has 0 aromatic carbocycles. The lowest BCUT2D eigenvalue weighted by atomic mass is 10.0. The first kappa shape index (κ1) is 13.1. The minimum Gasteiger partial charge on any atom is -0.377 e. The highest BCUT2D eigenvalue weighted by atomic mass is 16.5. The lowest BCUT2D eigenvalue weighted by Crippen LogP contribution is -2.47. The highest BCUT2D eigenvalue weighted by Crippen LogP contribution is 2.43. The van der Waals surface area contributed by atoms with Crippen molar-refractivity contribution < 1.29 is 9.53 Å². The molecule has 114 valence electrons. The first-order valence-corrected chi connectivity index (χ1v) is 7.90. The van der Waals surface area contributed by atoms with E-state index in [4.69, 9.17) is 9.84 Å². The van der Waals surface area contributed by atoms with Crippen LogP contribution in [0.3, 0.4) is 0 Å². The number of nitrogens with one attached hydrogen (secondary N) is 1. The molecule has 0 spiro atoms. The summed E-state index contributed by atoms with van der Waals surface area (Å²) in [5.41, 5.74) is 0.707. The molecule has 6 heteroatoms. The van der Waals surface area contributed by atoms with Crippen molar-refractivity contribution in [3.05, 3.63) is 11.8 Å². The van der Waals surface area contributed by atoms with Crippen LogP contribution >= 0.6 is 0 Å². The van der Waals surface area contributed by atoms with Crippen LogP contribution in [0.2, 0.25) is 0 Å². The number of fused-ring (bicyclic) bond motifs is 1. The zero-order valence-electron chi connectivity index (χ0n) is 12.6. The van der Waals surface area contributed by atoms with Crippen LogP contribution < -0.4 is 10.2 Å². The van der Waals surface area contributed by atoms with Gasteiger partial charge < -0.3 is 15.0 Å². The summed E-state index contributed by atoms with van der Waals surface area (Å²) in [7, 11) is 0. The van der Waals surface area contributed by atoms with E-state index in [-0.39, 0.29) is 11.9 Å². The number of carbonyl (C=O) groups excluding carboxylic acids is 1. The largest absolute Gasteiger partial charge is 0.377 e. The van der Waals surface area contributed by atoms with Crippen molar-refractivity contribution in [3.63, 3.8) is 0 Å². The van der Waals surface area contributed by atoms with E-state index in [0.29, 0.717) is 23.7 Å². The normalized spacial score (nSPS) is 32.8. The Kier molecular flexibility index (Phi) is 2.96. The van der Waals surface area contributed by atoms with E-state index < -0.39 is 0 Å². The molecule has 1 saturated carbocycles. The molecular formula is C15H22N4O2. The SMILES string of the molecule is C[C@@H]1NC(=O)c2cc(N3CCOC[C@H]3C)nn2[C@H]1C1CC1. The number of ether oxygens (including phenoxy) is 1. The topological polar surface area (TPSA) is 59.4 Å². The van der Waals surface area contributed by atoms with Gasteiger partial charge in [0, 0.05) is 18.7 Å². The molecule has 1 N–H and O–H groups in total. The molecule has 4 rings (SSSR count). The lowest BCUT2D eigenvalue weighted by Gasteiger charge is -2.33. The number of nitrogens with zero attached hydrogens (tertiary/aromatic N) is 3. The Labute approximate surface area is 124 Å². The predicted molar refractivity (Wildman–Crippen MR) is 78.5 cm³/mol. The summed E-state index contributed by atoms with van der Waals surface area (Å²) >= 11 is 0. The summed E-state index contributed by atoms with van der Waals surface area (Å²) in [6, 6.07) is 2.71. The first-order chi connectivity index (χ1) is 10.1. The van der Waals surface area contributed by atoms with Crippen molar-refractivity contribution in [2.75, 3.05) is 24.7 Å². The van der Waals surface area contributed by atoms with E-state index in [9.17, 15) is 4.79 Å². The summed E-state index contributed by atoms with van der Waals surface area (Å²) in [6.07, 6.45) is 2.49. The molecule has 3 atom stereocenters. The Morgan fingerprint density at radius 3 is 2.90 bits per heavy atom.